The van der Waals surface area contributed by atoms with Crippen LogP contribution in [-0.4, -0.2) is 84.1 Å². The first kappa shape index (κ1) is 61.4. The van der Waals surface area contributed by atoms with Crippen molar-refractivity contribution in [2.45, 2.75) is 178 Å². The van der Waals surface area contributed by atoms with E-state index in [9.17, 15) is 67.5 Å². The zero-order valence-electron chi connectivity index (χ0n) is 43.5. The molecule has 0 aromatic heterocycles. The molecule has 8 bridgehead atoms. The number of alkyl halides is 6. The lowest BCUT2D eigenvalue weighted by Crippen LogP contribution is -2.58. The van der Waals surface area contributed by atoms with E-state index < -0.39 is 70.4 Å². The molecule has 0 saturated heterocycles. The van der Waals surface area contributed by atoms with E-state index in [1.807, 2.05) is 0 Å². The highest BCUT2D eigenvalue weighted by Crippen LogP contribution is 2.64. The van der Waals surface area contributed by atoms with E-state index in [-0.39, 0.29) is 78.5 Å². The van der Waals surface area contributed by atoms with E-state index in [0.29, 0.717) is 46.4 Å². The fourth-order valence-corrected chi connectivity index (χ4v) is 18.1. The molecule has 0 spiro atoms. The number of carboxylic acid groups (broad SMARTS) is 1. The maximum absolute atomic E-state index is 13.8. The largest absolute Gasteiger partial charge is 0.480 e. The quantitative estimate of drug-likeness (QED) is 0.153. The zero-order valence-corrected chi connectivity index (χ0v) is 46.0. The Labute approximate surface area is 438 Å². The molecule has 0 amide bonds. The molecular weight excluding hydrogens is 1040 g/mol. The minimum Gasteiger partial charge on any atom is -0.480 e. The van der Waals surface area contributed by atoms with Crippen LogP contribution in [0, 0.1) is 52.3 Å². The number of carboxylic acids is 1. The van der Waals surface area contributed by atoms with Crippen molar-refractivity contribution >= 4 is 55.8 Å². The molecule has 8 fully saturated rings. The third-order valence-electron chi connectivity index (χ3n) is 17.6. The summed E-state index contributed by atoms with van der Waals surface area (Å²) in [6.07, 6.45) is 1.49. The highest BCUT2D eigenvalue weighted by atomic mass is 35.5. The lowest BCUT2D eigenvalue weighted by atomic mass is 9.44. The van der Waals surface area contributed by atoms with Gasteiger partial charge in [-0.1, -0.05) is 38.1 Å². The SMILES string of the molecule is CC(=O)C12CC3CC(C1)C(N)C(C3)C2.CCCN(C(C)(C)C(=O)CC1C2CC3CC1CC(C(C)=O)(C3)C2)S(=O)(=O)c1ccccc1C(F)(F)F.CCCN(C(C)(C)C(=O)O)S(=O)(=O)c1ccccc1C(F)(F)F.Cl. The van der Waals surface area contributed by atoms with Crippen molar-refractivity contribution in [3.63, 3.8) is 0 Å². The van der Waals surface area contributed by atoms with Gasteiger partial charge in [0.1, 0.15) is 17.1 Å². The van der Waals surface area contributed by atoms with Crippen molar-refractivity contribution in [2.24, 2.45) is 58.0 Å². The van der Waals surface area contributed by atoms with Crippen LogP contribution >= 0.6 is 12.4 Å². The number of carbonyl (C=O) groups excluding carboxylic acids is 3. The van der Waals surface area contributed by atoms with Crippen LogP contribution in [0.4, 0.5) is 26.3 Å². The van der Waals surface area contributed by atoms with E-state index in [4.69, 9.17) is 5.73 Å². The first-order valence-electron chi connectivity index (χ1n) is 25.5. The maximum Gasteiger partial charge on any atom is 0.417 e. The van der Waals surface area contributed by atoms with Gasteiger partial charge in [0.05, 0.1) is 26.5 Å². The molecule has 0 heterocycles. The standard InChI is InChI=1S/C27H36F3NO4S.C14H18F3NO4S.C12H19NO.ClH/c1-5-10-31(36(34,35)23-9-7-6-8-22(23)27(28,29)30)25(3,4)24(33)13-21-19-11-18-12-20(21)16-26(14-18,15-19)17(2)32;1-4-9-18(13(2,3)12(19)20)23(21,22)11-8-6-5-7-10(11)14(15,16)17;1-7(14)12-4-8-2-9(5-12)11(13)10(3-8)6-12;/h6-9,18-21H,5,10-16H2,1-4H3;5-8H,4,9H2,1-3H3,(H,19,20);8-11H,2-6,13H2,1H3;1H. The predicted octanol–water partition coefficient (Wildman–Crippen LogP) is 11.0. The predicted molar refractivity (Wildman–Crippen MR) is 269 cm³/mol. The summed E-state index contributed by atoms with van der Waals surface area (Å²) in [5, 5.41) is 9.25. The number of nitrogens with two attached hydrogens (primary N) is 1. The number of aliphatic carboxylic acids is 1. The van der Waals surface area contributed by atoms with Gasteiger partial charge in [-0.15, -0.1) is 12.4 Å². The van der Waals surface area contributed by atoms with Gasteiger partial charge in [0.25, 0.3) is 0 Å². The van der Waals surface area contributed by atoms with Gasteiger partial charge >= 0.3 is 18.3 Å². The minimum atomic E-state index is -4.87. The Kier molecular flexibility index (Phi) is 18.4. The third kappa shape index (κ3) is 11.8. The summed E-state index contributed by atoms with van der Waals surface area (Å²) in [5.74, 6) is 2.16. The van der Waals surface area contributed by atoms with Crippen molar-refractivity contribution in [1.82, 2.24) is 8.61 Å². The topological polar surface area (TPSA) is 189 Å². The van der Waals surface area contributed by atoms with Crippen molar-refractivity contribution < 1.29 is 67.5 Å². The summed E-state index contributed by atoms with van der Waals surface area (Å²) < 4.78 is 134. The van der Waals surface area contributed by atoms with E-state index in [2.05, 4.69) is 0 Å². The number of rotatable bonds is 16. The van der Waals surface area contributed by atoms with Crippen molar-refractivity contribution in [2.75, 3.05) is 13.1 Å². The summed E-state index contributed by atoms with van der Waals surface area (Å²) in [5.41, 5.74) is 0.0596. The molecule has 4 atom stereocenters. The molecule has 0 aliphatic heterocycles. The van der Waals surface area contributed by atoms with Crippen LogP contribution < -0.4 is 5.73 Å². The number of nitrogens with zero attached hydrogens (tertiary/aromatic N) is 2. The number of halogens is 7. The van der Waals surface area contributed by atoms with Crippen LogP contribution in [0.15, 0.2) is 58.3 Å². The lowest BCUT2D eigenvalue weighted by Gasteiger charge is -2.59. The molecule has 8 aliphatic rings. The number of hydrogen-bond acceptors (Lipinski definition) is 9. The van der Waals surface area contributed by atoms with Crippen molar-refractivity contribution in [1.29, 1.82) is 0 Å². The monoisotopic (exact) mass is 1110 g/mol. The highest BCUT2D eigenvalue weighted by Gasteiger charge is 2.59. The van der Waals surface area contributed by atoms with Crippen molar-refractivity contribution in [3.8, 4) is 0 Å². The highest BCUT2D eigenvalue weighted by molar-refractivity contribution is 7.89. The number of carbonyl (C=O) groups is 4. The summed E-state index contributed by atoms with van der Waals surface area (Å²) in [4.78, 5) is 47.6. The molecule has 12 nitrogen and oxygen atoms in total. The van der Waals surface area contributed by atoms with E-state index >= 15 is 0 Å². The molecule has 10 rings (SSSR count). The summed E-state index contributed by atoms with van der Waals surface area (Å²) in [6.45, 7) is 11.8. The number of benzene rings is 2. The van der Waals surface area contributed by atoms with Crippen LogP contribution in [0.3, 0.4) is 0 Å². The summed E-state index contributed by atoms with van der Waals surface area (Å²) in [6, 6.07) is 8.27. The Morgan fingerprint density at radius 1 is 0.608 bits per heavy atom. The number of ketones is 3. The van der Waals surface area contributed by atoms with E-state index in [1.54, 1.807) is 27.7 Å². The molecule has 2 aromatic rings. The molecule has 74 heavy (non-hydrogen) atoms. The minimum absolute atomic E-state index is 0. The Hall–Kier alpha value is -3.43. The molecule has 4 unspecified atom stereocenters. The van der Waals surface area contributed by atoms with Gasteiger partial charge in [0.2, 0.25) is 20.0 Å². The fraction of sp³-hybridized carbons (Fsp3) is 0.698. The Balaban J connectivity index is 0.000000227. The van der Waals surface area contributed by atoms with Crippen LogP contribution in [0.25, 0.3) is 0 Å². The van der Waals surface area contributed by atoms with E-state index in [1.165, 1.54) is 45.2 Å². The van der Waals surface area contributed by atoms with Crippen LogP contribution in [0.1, 0.15) is 150 Å². The van der Waals surface area contributed by atoms with E-state index in [0.717, 1.165) is 99.3 Å². The second-order valence-corrected chi connectivity index (χ2v) is 26.7. The first-order chi connectivity index (χ1) is 33.6. The Bertz CT molecular complexity index is 2610. The fourth-order valence-electron chi connectivity index (χ4n) is 14.0. The Morgan fingerprint density at radius 3 is 1.28 bits per heavy atom. The number of Topliss-reactive ketones (excluding diaryl/α,β-unsaturated/α-hetero) is 3. The van der Waals surface area contributed by atoms with Crippen LogP contribution in [0.2, 0.25) is 0 Å². The smallest absolute Gasteiger partial charge is 0.417 e. The van der Waals surface area contributed by atoms with Gasteiger partial charge in [-0.25, -0.2) is 16.8 Å². The second-order valence-electron chi connectivity index (χ2n) is 23.0. The number of hydrogen-bond donors (Lipinski definition) is 2. The normalized spacial score (nSPS) is 29.2. The third-order valence-corrected chi connectivity index (χ3v) is 21.8. The van der Waals surface area contributed by atoms with Gasteiger partial charge in [-0.05, 0) is 184 Å². The van der Waals surface area contributed by atoms with Crippen LogP contribution in [0.5, 0.6) is 0 Å². The zero-order chi connectivity index (χ0) is 54.7. The average Bonchev–Trinajstić information content (AvgIpc) is 3.29. The molecule has 0 radical (unpaired) electrons. The molecule has 3 N–H and O–H groups in total. The van der Waals surface area contributed by atoms with Gasteiger partial charge in [-0.2, -0.15) is 35.0 Å². The molecule has 416 valence electrons. The van der Waals surface area contributed by atoms with Gasteiger partial charge in [0, 0.05) is 36.4 Å². The number of sulfonamides is 2. The summed E-state index contributed by atoms with van der Waals surface area (Å²) >= 11 is 0. The maximum atomic E-state index is 13.8. The first-order valence-corrected chi connectivity index (χ1v) is 28.4. The van der Waals surface area contributed by atoms with Crippen LogP contribution in [-0.2, 0) is 51.6 Å². The van der Waals surface area contributed by atoms with Gasteiger partial charge < -0.3 is 10.8 Å². The second kappa shape index (κ2) is 22.1. The summed E-state index contributed by atoms with van der Waals surface area (Å²) in [7, 11) is -9.26. The average molecular weight is 1110 g/mol. The lowest BCUT2D eigenvalue weighted by molar-refractivity contribution is -0.152. The molecule has 8 saturated carbocycles. The van der Waals surface area contributed by atoms with Crippen molar-refractivity contribution in [3.05, 3.63) is 59.7 Å². The van der Waals surface area contributed by atoms with Gasteiger partial charge in [-0.3, -0.25) is 19.2 Å². The van der Waals surface area contributed by atoms with Gasteiger partial charge in [0.15, 0.2) is 5.78 Å². The molecular formula is C53H74ClF6N3O9S2. The Morgan fingerprint density at radius 2 is 0.946 bits per heavy atom. The molecule has 8 aliphatic carbocycles. The molecule has 21 heteroatoms. The molecule has 2 aromatic carbocycles.